The van der Waals surface area contributed by atoms with Crippen molar-refractivity contribution >= 4 is 22.4 Å². The zero-order valence-electron chi connectivity index (χ0n) is 8.28. The van der Waals surface area contributed by atoms with Crippen LogP contribution in [0.5, 0.6) is 0 Å². The van der Waals surface area contributed by atoms with Gasteiger partial charge in [0.05, 0.1) is 5.69 Å². The van der Waals surface area contributed by atoms with Gasteiger partial charge in [-0.2, -0.15) is 0 Å². The average Bonchev–Trinajstić information content (AvgIpc) is 2.44. The van der Waals surface area contributed by atoms with E-state index in [1.54, 1.807) is 18.9 Å². The number of anilines is 1. The molecule has 0 fully saturated rings. The monoisotopic (exact) mass is 214 g/mol. The second-order valence-corrected chi connectivity index (χ2v) is 4.01. The number of likely N-dealkylation sites (N-methyl/N-ethyl adjacent to an activating group) is 1. The maximum absolute atomic E-state index is 11.8. The molecule has 0 unspecified atom stereocenters. The number of carbonyl (C=O) groups excluding carboxylic acids is 1. The molecule has 0 spiro atoms. The maximum atomic E-state index is 11.8. The number of amides is 1. The molecule has 0 atom stereocenters. The Balaban J connectivity index is 2.83. The Morgan fingerprint density at radius 1 is 1.64 bits per heavy atom. The van der Waals surface area contributed by atoms with E-state index in [2.05, 4.69) is 4.98 Å². The van der Waals surface area contributed by atoms with Crippen LogP contribution in [0.2, 0.25) is 0 Å². The van der Waals surface area contributed by atoms with Gasteiger partial charge in [-0.1, -0.05) is 11.3 Å². The van der Waals surface area contributed by atoms with E-state index < -0.39 is 0 Å². The molecule has 1 heterocycles. The smallest absolute Gasteiger partial charge is 0.265 e. The molecule has 0 bridgehead atoms. The first-order valence-electron chi connectivity index (χ1n) is 4.24. The van der Waals surface area contributed by atoms with Crippen molar-refractivity contribution in [3.8, 4) is 0 Å². The molecule has 0 aliphatic carbocycles. The van der Waals surface area contributed by atoms with Gasteiger partial charge in [-0.25, -0.2) is 4.98 Å². The van der Waals surface area contributed by atoms with Gasteiger partial charge in [0, 0.05) is 20.1 Å². The lowest BCUT2D eigenvalue weighted by atomic mass is 10.3. The Kier molecular flexibility index (Phi) is 3.43. The summed E-state index contributed by atoms with van der Waals surface area (Å²) < 4.78 is 0. The Morgan fingerprint density at radius 3 is 2.71 bits per heavy atom. The Bertz CT molecular complexity index is 336. The van der Waals surface area contributed by atoms with Crippen LogP contribution in [0.3, 0.4) is 0 Å². The van der Waals surface area contributed by atoms with Crippen molar-refractivity contribution in [3.05, 3.63) is 10.6 Å². The van der Waals surface area contributed by atoms with Gasteiger partial charge < -0.3 is 16.4 Å². The third-order valence-electron chi connectivity index (χ3n) is 1.82. The number of aryl methyl sites for hydroxylation is 1. The predicted octanol–water partition coefficient (Wildman–Crippen LogP) is 0.0644. The first kappa shape index (κ1) is 10.9. The maximum Gasteiger partial charge on any atom is 0.265 e. The minimum absolute atomic E-state index is 0.0675. The predicted molar refractivity (Wildman–Crippen MR) is 57.3 cm³/mol. The van der Waals surface area contributed by atoms with E-state index in [9.17, 15) is 4.79 Å². The Hall–Kier alpha value is -1.14. The number of thiazole rings is 1. The standard InChI is InChI=1S/C8H14N4OS/c1-5-6(14-8(10)11-5)7(13)12(2)4-3-9/h3-4,9H2,1-2H3,(H2,10,11). The summed E-state index contributed by atoms with van der Waals surface area (Å²) in [5.41, 5.74) is 11.5. The number of rotatable bonds is 3. The van der Waals surface area contributed by atoms with Crippen LogP contribution in [0, 0.1) is 6.92 Å². The molecular weight excluding hydrogens is 200 g/mol. The van der Waals surface area contributed by atoms with Crippen molar-refractivity contribution in [1.29, 1.82) is 0 Å². The Morgan fingerprint density at radius 2 is 2.29 bits per heavy atom. The van der Waals surface area contributed by atoms with Gasteiger partial charge in [0.2, 0.25) is 0 Å². The highest BCUT2D eigenvalue weighted by atomic mass is 32.1. The van der Waals surface area contributed by atoms with Gasteiger partial charge >= 0.3 is 0 Å². The molecule has 0 aliphatic rings. The average molecular weight is 214 g/mol. The van der Waals surface area contributed by atoms with E-state index in [1.807, 2.05) is 0 Å². The normalized spacial score (nSPS) is 10.2. The molecule has 78 valence electrons. The highest BCUT2D eigenvalue weighted by Gasteiger charge is 2.17. The summed E-state index contributed by atoms with van der Waals surface area (Å²) in [5, 5.41) is 0.423. The number of nitrogen functional groups attached to an aromatic ring is 1. The van der Waals surface area contributed by atoms with Crippen molar-refractivity contribution in [2.75, 3.05) is 25.9 Å². The second-order valence-electron chi connectivity index (χ2n) is 2.98. The minimum atomic E-state index is -0.0675. The van der Waals surface area contributed by atoms with E-state index in [4.69, 9.17) is 11.5 Å². The van der Waals surface area contributed by atoms with Crippen LogP contribution in [-0.4, -0.2) is 35.9 Å². The van der Waals surface area contributed by atoms with E-state index in [-0.39, 0.29) is 5.91 Å². The number of nitrogens with zero attached hydrogens (tertiary/aromatic N) is 2. The van der Waals surface area contributed by atoms with Crippen LogP contribution in [0.4, 0.5) is 5.13 Å². The summed E-state index contributed by atoms with van der Waals surface area (Å²) >= 11 is 1.21. The molecule has 6 heteroatoms. The molecule has 14 heavy (non-hydrogen) atoms. The topological polar surface area (TPSA) is 85.2 Å². The van der Waals surface area contributed by atoms with Crippen molar-refractivity contribution in [1.82, 2.24) is 9.88 Å². The van der Waals surface area contributed by atoms with Crippen LogP contribution in [-0.2, 0) is 0 Å². The highest BCUT2D eigenvalue weighted by Crippen LogP contribution is 2.20. The van der Waals surface area contributed by atoms with Crippen LogP contribution >= 0.6 is 11.3 Å². The lowest BCUT2D eigenvalue weighted by Gasteiger charge is -2.14. The minimum Gasteiger partial charge on any atom is -0.375 e. The lowest BCUT2D eigenvalue weighted by Crippen LogP contribution is -2.31. The number of hydrogen-bond donors (Lipinski definition) is 2. The molecule has 0 aromatic carbocycles. The fourth-order valence-corrected chi connectivity index (χ4v) is 1.91. The van der Waals surface area contributed by atoms with Gasteiger partial charge in [0.1, 0.15) is 4.88 Å². The van der Waals surface area contributed by atoms with Gasteiger partial charge in [-0.05, 0) is 6.92 Å². The second kappa shape index (κ2) is 4.39. The summed E-state index contributed by atoms with van der Waals surface area (Å²) in [6, 6.07) is 0. The fraction of sp³-hybridized carbons (Fsp3) is 0.500. The van der Waals surface area contributed by atoms with Crippen molar-refractivity contribution in [3.63, 3.8) is 0 Å². The number of nitrogens with two attached hydrogens (primary N) is 2. The van der Waals surface area contributed by atoms with Crippen LogP contribution in [0.15, 0.2) is 0 Å². The molecule has 5 nitrogen and oxygen atoms in total. The molecule has 0 radical (unpaired) electrons. The third-order valence-corrected chi connectivity index (χ3v) is 2.79. The number of carbonyl (C=O) groups is 1. The molecule has 4 N–H and O–H groups in total. The lowest BCUT2D eigenvalue weighted by molar-refractivity contribution is 0.0803. The van der Waals surface area contributed by atoms with Crippen LogP contribution in [0.25, 0.3) is 0 Å². The first-order valence-corrected chi connectivity index (χ1v) is 5.06. The van der Waals surface area contributed by atoms with E-state index >= 15 is 0 Å². The van der Waals surface area contributed by atoms with Gasteiger partial charge in [-0.3, -0.25) is 4.79 Å². The summed E-state index contributed by atoms with van der Waals surface area (Å²) in [6.07, 6.45) is 0. The highest BCUT2D eigenvalue weighted by molar-refractivity contribution is 7.17. The zero-order chi connectivity index (χ0) is 10.7. The van der Waals surface area contributed by atoms with Gasteiger partial charge in [-0.15, -0.1) is 0 Å². The van der Waals surface area contributed by atoms with Crippen molar-refractivity contribution < 1.29 is 4.79 Å². The van der Waals surface area contributed by atoms with Crippen molar-refractivity contribution in [2.24, 2.45) is 5.73 Å². The molecule has 0 saturated heterocycles. The van der Waals surface area contributed by atoms with E-state index in [0.29, 0.717) is 28.8 Å². The van der Waals surface area contributed by atoms with Crippen LogP contribution in [0.1, 0.15) is 15.4 Å². The fourth-order valence-electron chi connectivity index (χ4n) is 1.08. The third kappa shape index (κ3) is 2.21. The largest absolute Gasteiger partial charge is 0.375 e. The molecule has 0 saturated carbocycles. The molecular formula is C8H14N4OS. The van der Waals surface area contributed by atoms with Crippen molar-refractivity contribution in [2.45, 2.75) is 6.92 Å². The molecule has 1 amide bonds. The zero-order valence-corrected chi connectivity index (χ0v) is 9.10. The number of hydrogen-bond acceptors (Lipinski definition) is 5. The molecule has 1 aromatic rings. The SMILES string of the molecule is Cc1nc(N)sc1C(=O)N(C)CCN. The van der Waals surface area contributed by atoms with E-state index in [1.165, 1.54) is 11.3 Å². The number of aromatic nitrogens is 1. The van der Waals surface area contributed by atoms with Crippen LogP contribution < -0.4 is 11.5 Å². The Labute approximate surface area is 86.7 Å². The summed E-state index contributed by atoms with van der Waals surface area (Å²) in [7, 11) is 1.71. The van der Waals surface area contributed by atoms with Gasteiger partial charge in [0.25, 0.3) is 5.91 Å². The van der Waals surface area contributed by atoms with E-state index in [0.717, 1.165) is 0 Å². The summed E-state index contributed by atoms with van der Waals surface area (Å²) in [5.74, 6) is -0.0675. The summed E-state index contributed by atoms with van der Waals surface area (Å²) in [4.78, 5) is 17.9. The molecule has 1 rings (SSSR count). The molecule has 1 aromatic heterocycles. The first-order chi connectivity index (χ1) is 6.56. The summed E-state index contributed by atoms with van der Waals surface area (Å²) in [6.45, 7) is 2.77. The quantitative estimate of drug-likeness (QED) is 0.745. The molecule has 0 aliphatic heterocycles. The van der Waals surface area contributed by atoms with Gasteiger partial charge in [0.15, 0.2) is 5.13 Å².